The van der Waals surface area contributed by atoms with E-state index in [1.165, 1.54) is 5.56 Å². The van der Waals surface area contributed by atoms with E-state index in [9.17, 15) is 0 Å². The number of hydrogen-bond acceptors (Lipinski definition) is 4. The minimum Gasteiger partial charge on any atom is -0.223 e. The summed E-state index contributed by atoms with van der Waals surface area (Å²) in [6.07, 6.45) is 0.756. The van der Waals surface area contributed by atoms with Gasteiger partial charge in [0.2, 0.25) is 5.95 Å². The second kappa shape index (κ2) is 9.49. The van der Waals surface area contributed by atoms with Crippen LogP contribution < -0.4 is 5.01 Å². The fraction of sp³-hybridized carbons (Fsp3) is 0.100. The molecule has 5 aromatic rings. The average Bonchev–Trinajstić information content (AvgIpc) is 3.34. The molecule has 0 radical (unpaired) electrons. The van der Waals surface area contributed by atoms with Gasteiger partial charge in [-0.15, -0.1) is 0 Å². The van der Waals surface area contributed by atoms with Crippen molar-refractivity contribution in [1.29, 1.82) is 0 Å². The van der Waals surface area contributed by atoms with Crippen molar-refractivity contribution in [1.82, 2.24) is 9.97 Å². The Balaban J connectivity index is 1.53. The van der Waals surface area contributed by atoms with Gasteiger partial charge in [0.25, 0.3) is 0 Å². The molecule has 0 spiro atoms. The van der Waals surface area contributed by atoms with E-state index in [1.807, 2.05) is 53.5 Å². The van der Waals surface area contributed by atoms with Gasteiger partial charge in [-0.1, -0.05) is 99.8 Å². The lowest BCUT2D eigenvalue weighted by Crippen LogP contribution is -2.21. The Hall–Kier alpha value is -3.54. The number of nitrogens with zero attached hydrogens (tertiary/aromatic N) is 4. The van der Waals surface area contributed by atoms with Crippen LogP contribution in [-0.2, 0) is 0 Å². The van der Waals surface area contributed by atoms with E-state index in [0.29, 0.717) is 11.0 Å². The molecule has 0 N–H and O–H groups in total. The summed E-state index contributed by atoms with van der Waals surface area (Å²) >= 11 is 9.81. The van der Waals surface area contributed by atoms with Crippen LogP contribution in [0.4, 0.5) is 5.95 Å². The summed E-state index contributed by atoms with van der Waals surface area (Å²) in [4.78, 5) is 10.1. The van der Waals surface area contributed by atoms with Crippen LogP contribution in [0.1, 0.15) is 29.2 Å². The molecule has 4 aromatic carbocycles. The Morgan fingerprint density at radius 2 is 1.64 bits per heavy atom. The van der Waals surface area contributed by atoms with Gasteiger partial charge >= 0.3 is 0 Å². The number of hydrazone groups is 1. The van der Waals surface area contributed by atoms with Crippen LogP contribution in [0.25, 0.3) is 22.2 Å². The third-order valence-corrected chi connectivity index (χ3v) is 7.15. The predicted octanol–water partition coefficient (Wildman–Crippen LogP) is 8.38. The molecule has 0 saturated carbocycles. The first-order valence-corrected chi connectivity index (χ1v) is 12.9. The van der Waals surface area contributed by atoms with Crippen molar-refractivity contribution < 1.29 is 0 Å². The summed E-state index contributed by atoms with van der Waals surface area (Å²) in [6.45, 7) is 2.10. The van der Waals surface area contributed by atoms with E-state index in [-0.39, 0.29) is 6.04 Å². The normalized spacial score (nSPS) is 15.4. The summed E-state index contributed by atoms with van der Waals surface area (Å²) in [5.41, 5.74) is 7.23. The highest BCUT2D eigenvalue weighted by molar-refractivity contribution is 9.10. The first kappa shape index (κ1) is 22.9. The van der Waals surface area contributed by atoms with Crippen LogP contribution in [0.2, 0.25) is 5.02 Å². The van der Waals surface area contributed by atoms with Crippen LogP contribution in [0, 0.1) is 6.92 Å². The summed E-state index contributed by atoms with van der Waals surface area (Å²) in [6, 6.07) is 32.7. The van der Waals surface area contributed by atoms with Crippen molar-refractivity contribution in [2.24, 2.45) is 5.10 Å². The summed E-state index contributed by atoms with van der Waals surface area (Å²) < 4.78 is 1.03. The number of benzene rings is 4. The molecule has 0 saturated heterocycles. The van der Waals surface area contributed by atoms with Gasteiger partial charge in [-0.2, -0.15) is 5.10 Å². The van der Waals surface area contributed by atoms with E-state index in [1.54, 1.807) is 0 Å². The van der Waals surface area contributed by atoms with Crippen molar-refractivity contribution in [2.45, 2.75) is 19.4 Å². The first-order chi connectivity index (χ1) is 17.5. The molecule has 2 heterocycles. The molecule has 0 aliphatic carbocycles. The third kappa shape index (κ3) is 4.41. The minimum atomic E-state index is -0.0303. The lowest BCUT2D eigenvalue weighted by molar-refractivity contribution is 0.688. The molecule has 0 bridgehead atoms. The van der Waals surface area contributed by atoms with E-state index >= 15 is 0 Å². The number of aromatic nitrogens is 2. The van der Waals surface area contributed by atoms with E-state index < -0.39 is 0 Å². The van der Waals surface area contributed by atoms with Crippen molar-refractivity contribution in [2.75, 3.05) is 5.01 Å². The summed E-state index contributed by atoms with van der Waals surface area (Å²) in [5, 5.41) is 8.76. The van der Waals surface area contributed by atoms with Gasteiger partial charge in [-0.05, 0) is 48.4 Å². The molecule has 1 aliphatic rings. The van der Waals surface area contributed by atoms with Crippen LogP contribution in [0.5, 0.6) is 0 Å². The zero-order chi connectivity index (χ0) is 24.6. The fourth-order valence-electron chi connectivity index (χ4n) is 4.66. The predicted molar refractivity (Wildman–Crippen MR) is 152 cm³/mol. The molecule has 1 aromatic heterocycles. The molecular formula is C30H22BrClN4. The number of para-hydroxylation sites is 1. The SMILES string of the molecule is Cc1cccc(C2=NN(c3nc(-c4ccc(Cl)cc4)c4ccccc4n3)C(c3cccc(Br)c3)C2)c1. The smallest absolute Gasteiger partial charge is 0.223 e. The van der Waals surface area contributed by atoms with E-state index in [2.05, 4.69) is 71.4 Å². The molecule has 0 fully saturated rings. The average molecular weight is 554 g/mol. The lowest BCUT2D eigenvalue weighted by atomic mass is 9.98. The first-order valence-electron chi connectivity index (χ1n) is 11.8. The number of halogens is 2. The van der Waals surface area contributed by atoms with Crippen molar-refractivity contribution in [3.05, 3.63) is 123 Å². The quantitative estimate of drug-likeness (QED) is 0.224. The number of fused-ring (bicyclic) bond motifs is 1. The Bertz CT molecular complexity index is 1610. The maximum atomic E-state index is 6.17. The van der Waals surface area contributed by atoms with Gasteiger partial charge in [0.05, 0.1) is 23.0 Å². The van der Waals surface area contributed by atoms with Gasteiger partial charge < -0.3 is 0 Å². The van der Waals surface area contributed by atoms with Crippen LogP contribution >= 0.6 is 27.5 Å². The number of rotatable bonds is 4. The molecule has 36 heavy (non-hydrogen) atoms. The number of aryl methyl sites for hydroxylation is 1. The monoisotopic (exact) mass is 552 g/mol. The molecule has 1 atom stereocenters. The Labute approximate surface area is 223 Å². The molecule has 1 unspecified atom stereocenters. The molecule has 1 aliphatic heterocycles. The maximum Gasteiger partial charge on any atom is 0.247 e. The Kier molecular flexibility index (Phi) is 6.04. The maximum absolute atomic E-state index is 6.17. The topological polar surface area (TPSA) is 41.4 Å². The number of anilines is 1. The molecule has 6 heteroatoms. The number of hydrogen-bond donors (Lipinski definition) is 0. The van der Waals surface area contributed by atoms with Crippen molar-refractivity contribution in [3.63, 3.8) is 0 Å². The van der Waals surface area contributed by atoms with Crippen LogP contribution in [0.15, 0.2) is 107 Å². The molecule has 176 valence electrons. The Morgan fingerprint density at radius 3 is 2.44 bits per heavy atom. The Morgan fingerprint density at radius 1 is 0.833 bits per heavy atom. The van der Waals surface area contributed by atoms with Gasteiger partial charge in [-0.3, -0.25) is 0 Å². The highest BCUT2D eigenvalue weighted by atomic mass is 79.9. The zero-order valence-corrected chi connectivity index (χ0v) is 21.9. The van der Waals surface area contributed by atoms with Gasteiger partial charge in [-0.25, -0.2) is 15.0 Å². The third-order valence-electron chi connectivity index (χ3n) is 6.41. The second-order valence-corrected chi connectivity index (χ2v) is 10.3. The van der Waals surface area contributed by atoms with Crippen LogP contribution in [0.3, 0.4) is 0 Å². The molecular weight excluding hydrogens is 532 g/mol. The highest BCUT2D eigenvalue weighted by Gasteiger charge is 2.32. The second-order valence-electron chi connectivity index (χ2n) is 8.93. The van der Waals surface area contributed by atoms with Gasteiger partial charge in [0.15, 0.2) is 0 Å². The molecule has 4 nitrogen and oxygen atoms in total. The van der Waals surface area contributed by atoms with Gasteiger partial charge in [0.1, 0.15) is 0 Å². The van der Waals surface area contributed by atoms with Crippen LogP contribution in [-0.4, -0.2) is 15.7 Å². The van der Waals surface area contributed by atoms with E-state index in [0.717, 1.165) is 49.9 Å². The fourth-order valence-corrected chi connectivity index (χ4v) is 5.20. The van der Waals surface area contributed by atoms with E-state index in [4.69, 9.17) is 26.7 Å². The molecule has 0 amide bonds. The van der Waals surface area contributed by atoms with Crippen molar-refractivity contribution in [3.8, 4) is 11.3 Å². The lowest BCUT2D eigenvalue weighted by Gasteiger charge is -2.23. The van der Waals surface area contributed by atoms with Crippen molar-refractivity contribution >= 4 is 50.1 Å². The molecule has 6 rings (SSSR count). The largest absolute Gasteiger partial charge is 0.247 e. The standard InChI is InChI=1S/C30H22BrClN4/c1-19-6-4-7-21(16-19)27-18-28(22-8-5-9-23(31)17-22)36(35-27)30-33-26-11-3-2-10-25(26)29(34-30)20-12-14-24(32)15-13-20/h2-17,28H,18H2,1H3. The summed E-state index contributed by atoms with van der Waals surface area (Å²) in [7, 11) is 0. The summed E-state index contributed by atoms with van der Waals surface area (Å²) in [5.74, 6) is 0.575. The van der Waals surface area contributed by atoms with Gasteiger partial charge in [0, 0.05) is 26.9 Å². The zero-order valence-electron chi connectivity index (χ0n) is 19.6. The minimum absolute atomic E-state index is 0.0303. The highest BCUT2D eigenvalue weighted by Crippen LogP contribution is 2.38.